The summed E-state index contributed by atoms with van der Waals surface area (Å²) in [5.41, 5.74) is 2.81. The molecule has 14 heavy (non-hydrogen) atoms. The van der Waals surface area contributed by atoms with Crippen LogP contribution in [-0.4, -0.2) is 4.98 Å². The number of pyridine rings is 1. The molecule has 1 heterocycles. The maximum absolute atomic E-state index is 8.94. The Bertz CT molecular complexity index is 509. The lowest BCUT2D eigenvalue weighted by atomic mass is 10.0. The van der Waals surface area contributed by atoms with Gasteiger partial charge in [-0.25, -0.2) is 0 Å². The molecule has 0 amide bonds. The van der Waals surface area contributed by atoms with Crippen LogP contribution < -0.4 is 0 Å². The van der Waals surface area contributed by atoms with Crippen LogP contribution in [0.3, 0.4) is 0 Å². The molecule has 2 nitrogen and oxygen atoms in total. The SMILES string of the molecule is CCc1c(C#N)ccc2ncccc12. The van der Waals surface area contributed by atoms with E-state index in [2.05, 4.69) is 18.0 Å². The van der Waals surface area contributed by atoms with Crippen LogP contribution in [0, 0.1) is 11.3 Å². The monoisotopic (exact) mass is 182 g/mol. The molecule has 0 bridgehead atoms. The molecule has 1 aromatic heterocycles. The Morgan fingerprint density at radius 1 is 1.36 bits per heavy atom. The van der Waals surface area contributed by atoms with Gasteiger partial charge in [0.05, 0.1) is 17.1 Å². The lowest BCUT2D eigenvalue weighted by molar-refractivity contribution is 1.14. The lowest BCUT2D eigenvalue weighted by Gasteiger charge is -2.04. The Hall–Kier alpha value is -1.88. The van der Waals surface area contributed by atoms with Crippen LogP contribution in [0.4, 0.5) is 0 Å². The van der Waals surface area contributed by atoms with Crippen molar-refractivity contribution in [1.29, 1.82) is 5.26 Å². The standard InChI is InChI=1S/C12H10N2/c1-2-10-9(8-13)5-6-12-11(10)4-3-7-14-12/h3-7H,2H2,1H3. The minimum absolute atomic E-state index is 0.757. The van der Waals surface area contributed by atoms with Crippen molar-refractivity contribution in [2.24, 2.45) is 0 Å². The summed E-state index contributed by atoms with van der Waals surface area (Å²) in [5, 5.41) is 10.0. The third kappa shape index (κ3) is 1.23. The first-order chi connectivity index (χ1) is 6.86. The molecule has 0 aliphatic carbocycles. The zero-order valence-electron chi connectivity index (χ0n) is 7.99. The van der Waals surface area contributed by atoms with Gasteiger partial charge in [-0.05, 0) is 30.2 Å². The van der Waals surface area contributed by atoms with Crippen molar-refractivity contribution in [3.05, 3.63) is 41.6 Å². The number of rotatable bonds is 1. The summed E-state index contributed by atoms with van der Waals surface area (Å²) in [4.78, 5) is 4.26. The van der Waals surface area contributed by atoms with Gasteiger partial charge in [-0.1, -0.05) is 13.0 Å². The van der Waals surface area contributed by atoms with E-state index >= 15 is 0 Å². The van der Waals surface area contributed by atoms with Gasteiger partial charge in [-0.2, -0.15) is 5.26 Å². The van der Waals surface area contributed by atoms with E-state index in [1.165, 1.54) is 0 Å². The van der Waals surface area contributed by atoms with Gasteiger partial charge in [0.25, 0.3) is 0 Å². The van der Waals surface area contributed by atoms with Gasteiger partial charge in [0.2, 0.25) is 0 Å². The van der Waals surface area contributed by atoms with Crippen LogP contribution in [0.1, 0.15) is 18.1 Å². The van der Waals surface area contributed by atoms with E-state index in [-0.39, 0.29) is 0 Å². The first-order valence-corrected chi connectivity index (χ1v) is 4.63. The van der Waals surface area contributed by atoms with Crippen molar-refractivity contribution in [3.8, 4) is 6.07 Å². The Balaban J connectivity index is 2.85. The zero-order chi connectivity index (χ0) is 9.97. The van der Waals surface area contributed by atoms with E-state index in [9.17, 15) is 0 Å². The number of hydrogen-bond acceptors (Lipinski definition) is 2. The number of aryl methyl sites for hydroxylation is 1. The van der Waals surface area contributed by atoms with Gasteiger partial charge in [-0.15, -0.1) is 0 Å². The molecular formula is C12H10N2. The van der Waals surface area contributed by atoms with Crippen molar-refractivity contribution in [2.45, 2.75) is 13.3 Å². The number of aromatic nitrogens is 1. The maximum atomic E-state index is 8.94. The van der Waals surface area contributed by atoms with Crippen LogP contribution in [0.2, 0.25) is 0 Å². The quantitative estimate of drug-likeness (QED) is 0.679. The largest absolute Gasteiger partial charge is 0.256 e. The van der Waals surface area contributed by atoms with E-state index in [0.29, 0.717) is 0 Å². The highest BCUT2D eigenvalue weighted by Crippen LogP contribution is 2.20. The second kappa shape index (κ2) is 3.47. The number of nitrogens with zero attached hydrogens (tertiary/aromatic N) is 2. The van der Waals surface area contributed by atoms with Crippen LogP contribution in [0.25, 0.3) is 10.9 Å². The van der Waals surface area contributed by atoms with Gasteiger partial charge in [-0.3, -0.25) is 4.98 Å². The first kappa shape index (κ1) is 8.71. The zero-order valence-corrected chi connectivity index (χ0v) is 7.99. The molecule has 0 spiro atoms. The van der Waals surface area contributed by atoms with Crippen molar-refractivity contribution >= 4 is 10.9 Å². The number of fused-ring (bicyclic) bond motifs is 1. The molecule has 2 rings (SSSR count). The number of nitriles is 1. The predicted octanol–water partition coefficient (Wildman–Crippen LogP) is 2.67. The molecule has 0 aliphatic rings. The number of hydrogen-bond donors (Lipinski definition) is 0. The first-order valence-electron chi connectivity index (χ1n) is 4.63. The Kier molecular flexibility index (Phi) is 2.16. The summed E-state index contributed by atoms with van der Waals surface area (Å²) in [6, 6.07) is 9.87. The summed E-state index contributed by atoms with van der Waals surface area (Å²) in [6.45, 7) is 2.06. The fourth-order valence-electron chi connectivity index (χ4n) is 1.70. The minimum Gasteiger partial charge on any atom is -0.256 e. The third-order valence-electron chi connectivity index (χ3n) is 2.37. The summed E-state index contributed by atoms with van der Waals surface area (Å²) in [7, 11) is 0. The fraction of sp³-hybridized carbons (Fsp3) is 0.167. The highest BCUT2D eigenvalue weighted by atomic mass is 14.6. The summed E-state index contributed by atoms with van der Waals surface area (Å²) >= 11 is 0. The molecule has 0 N–H and O–H groups in total. The molecule has 0 radical (unpaired) electrons. The smallest absolute Gasteiger partial charge is 0.0994 e. The molecule has 68 valence electrons. The molecule has 0 fully saturated rings. The Morgan fingerprint density at radius 3 is 2.93 bits per heavy atom. The maximum Gasteiger partial charge on any atom is 0.0994 e. The van der Waals surface area contributed by atoms with E-state index in [1.807, 2.05) is 24.3 Å². The van der Waals surface area contributed by atoms with Gasteiger partial charge >= 0.3 is 0 Å². The molecular weight excluding hydrogens is 172 g/mol. The Labute approximate surface area is 82.8 Å². The number of benzene rings is 1. The van der Waals surface area contributed by atoms with Crippen LogP contribution in [-0.2, 0) is 6.42 Å². The highest BCUT2D eigenvalue weighted by Gasteiger charge is 2.04. The van der Waals surface area contributed by atoms with E-state index in [4.69, 9.17) is 5.26 Å². The van der Waals surface area contributed by atoms with Crippen molar-refractivity contribution in [2.75, 3.05) is 0 Å². The van der Waals surface area contributed by atoms with Crippen molar-refractivity contribution in [3.63, 3.8) is 0 Å². The van der Waals surface area contributed by atoms with E-state index in [1.54, 1.807) is 6.20 Å². The van der Waals surface area contributed by atoms with Crippen molar-refractivity contribution < 1.29 is 0 Å². The molecule has 0 atom stereocenters. The lowest BCUT2D eigenvalue weighted by Crippen LogP contribution is -1.90. The van der Waals surface area contributed by atoms with Crippen LogP contribution >= 0.6 is 0 Å². The van der Waals surface area contributed by atoms with Gasteiger partial charge in [0.1, 0.15) is 0 Å². The minimum atomic E-state index is 0.757. The highest BCUT2D eigenvalue weighted by molar-refractivity contribution is 5.84. The normalized spacial score (nSPS) is 10.0. The second-order valence-electron chi connectivity index (χ2n) is 3.13. The third-order valence-corrected chi connectivity index (χ3v) is 2.37. The molecule has 1 aromatic carbocycles. The van der Waals surface area contributed by atoms with Gasteiger partial charge < -0.3 is 0 Å². The molecule has 0 unspecified atom stereocenters. The van der Waals surface area contributed by atoms with Crippen LogP contribution in [0.15, 0.2) is 30.5 Å². The summed E-state index contributed by atoms with van der Waals surface area (Å²) in [5.74, 6) is 0. The van der Waals surface area contributed by atoms with Gasteiger partial charge in [0, 0.05) is 11.6 Å². The molecule has 0 aliphatic heterocycles. The second-order valence-corrected chi connectivity index (χ2v) is 3.13. The summed E-state index contributed by atoms with van der Waals surface area (Å²) < 4.78 is 0. The van der Waals surface area contributed by atoms with Gasteiger partial charge in [0.15, 0.2) is 0 Å². The van der Waals surface area contributed by atoms with Crippen LogP contribution in [0.5, 0.6) is 0 Å². The topological polar surface area (TPSA) is 36.7 Å². The molecule has 2 heteroatoms. The molecule has 2 aromatic rings. The van der Waals surface area contributed by atoms with E-state index in [0.717, 1.165) is 28.5 Å². The Morgan fingerprint density at radius 2 is 2.21 bits per heavy atom. The molecule has 0 saturated carbocycles. The fourth-order valence-corrected chi connectivity index (χ4v) is 1.70. The summed E-state index contributed by atoms with van der Waals surface area (Å²) in [6.07, 6.45) is 2.64. The average Bonchev–Trinajstić information content (AvgIpc) is 2.27. The van der Waals surface area contributed by atoms with E-state index < -0.39 is 0 Å². The molecule has 0 saturated heterocycles. The predicted molar refractivity (Wildman–Crippen MR) is 55.8 cm³/mol. The average molecular weight is 182 g/mol. The van der Waals surface area contributed by atoms with Crippen molar-refractivity contribution in [1.82, 2.24) is 4.98 Å².